The Balaban J connectivity index is 1.98. The second-order valence-corrected chi connectivity index (χ2v) is 8.06. The lowest BCUT2D eigenvalue weighted by Gasteiger charge is -2.36. The van der Waals surface area contributed by atoms with Gasteiger partial charge in [0.25, 0.3) is 0 Å². The highest BCUT2D eigenvalue weighted by Crippen LogP contribution is 2.37. The van der Waals surface area contributed by atoms with E-state index < -0.39 is 6.04 Å². The number of amides is 1. The highest BCUT2D eigenvalue weighted by atomic mass is 35.5. The predicted octanol–water partition coefficient (Wildman–Crippen LogP) is 3.31. The number of phenolic OH excluding ortho intramolecular Hbond substituents is 1. The van der Waals surface area contributed by atoms with Crippen molar-refractivity contribution in [3.05, 3.63) is 27.7 Å². The largest absolute Gasteiger partial charge is 0.508 e. The Labute approximate surface area is 159 Å². The van der Waals surface area contributed by atoms with Crippen LogP contribution in [0.4, 0.5) is 0 Å². The van der Waals surface area contributed by atoms with Crippen LogP contribution < -0.4 is 11.5 Å². The standard InChI is InChI=1S/C18H27Cl2N3O2/c1-10(2)7-15(21)18(25)23-5-3-11(4-6-23)17(22)12-8-13(19)14(20)9-16(12)24/h8-11,15,17,24H,3-7,21-22H2,1-2H3/t15-,17-/m1/s1. The normalized spacial score (nSPS) is 18.4. The minimum absolute atomic E-state index is 0.0121. The zero-order chi connectivity index (χ0) is 18.7. The molecule has 1 aliphatic heterocycles. The lowest BCUT2D eigenvalue weighted by molar-refractivity contribution is -0.134. The summed E-state index contributed by atoms with van der Waals surface area (Å²) in [6, 6.07) is 2.25. The van der Waals surface area contributed by atoms with Gasteiger partial charge < -0.3 is 21.5 Å². The number of halogens is 2. The summed E-state index contributed by atoms with van der Waals surface area (Å²) in [5.41, 5.74) is 12.9. The minimum atomic E-state index is -0.440. The van der Waals surface area contributed by atoms with Crippen molar-refractivity contribution in [1.82, 2.24) is 4.90 Å². The fraction of sp³-hybridized carbons (Fsp3) is 0.611. The molecule has 0 saturated carbocycles. The van der Waals surface area contributed by atoms with Crippen LogP contribution in [0.25, 0.3) is 0 Å². The van der Waals surface area contributed by atoms with Crippen LogP contribution in [0.3, 0.4) is 0 Å². The molecule has 5 nitrogen and oxygen atoms in total. The molecule has 0 unspecified atom stereocenters. The minimum Gasteiger partial charge on any atom is -0.508 e. The van der Waals surface area contributed by atoms with Crippen molar-refractivity contribution in [2.24, 2.45) is 23.3 Å². The van der Waals surface area contributed by atoms with Gasteiger partial charge in [-0.2, -0.15) is 0 Å². The number of hydrogen-bond donors (Lipinski definition) is 3. The molecule has 1 aromatic rings. The summed E-state index contributed by atoms with van der Waals surface area (Å²) in [6.45, 7) is 5.38. The van der Waals surface area contributed by atoms with Gasteiger partial charge in [0.2, 0.25) is 5.91 Å². The summed E-state index contributed by atoms with van der Waals surface area (Å²) in [5.74, 6) is 0.619. The zero-order valence-electron chi connectivity index (χ0n) is 14.7. The Morgan fingerprint density at radius 2 is 1.80 bits per heavy atom. The van der Waals surface area contributed by atoms with Gasteiger partial charge in [-0.1, -0.05) is 37.0 Å². The van der Waals surface area contributed by atoms with Crippen molar-refractivity contribution in [3.63, 3.8) is 0 Å². The van der Waals surface area contributed by atoms with E-state index in [1.165, 1.54) is 6.07 Å². The molecule has 0 radical (unpaired) electrons. The first kappa shape index (κ1) is 20.3. The van der Waals surface area contributed by atoms with Crippen LogP contribution >= 0.6 is 23.2 Å². The van der Waals surface area contributed by atoms with E-state index in [1.54, 1.807) is 6.07 Å². The van der Waals surface area contributed by atoms with Crippen LogP contribution in [0.15, 0.2) is 12.1 Å². The molecule has 1 fully saturated rings. The molecule has 5 N–H and O–H groups in total. The van der Waals surface area contributed by atoms with Crippen LogP contribution in [-0.4, -0.2) is 35.0 Å². The number of carbonyl (C=O) groups is 1. The van der Waals surface area contributed by atoms with E-state index >= 15 is 0 Å². The first-order valence-corrected chi connectivity index (χ1v) is 9.44. The molecule has 25 heavy (non-hydrogen) atoms. The number of carbonyl (C=O) groups excluding carboxylic acids is 1. The Kier molecular flexibility index (Phi) is 6.97. The molecule has 0 aromatic heterocycles. The molecule has 0 bridgehead atoms. The summed E-state index contributed by atoms with van der Waals surface area (Å²) in [4.78, 5) is 14.2. The lowest BCUT2D eigenvalue weighted by Crippen LogP contribution is -2.48. The van der Waals surface area contributed by atoms with E-state index in [1.807, 2.05) is 4.90 Å². The lowest BCUT2D eigenvalue weighted by atomic mass is 9.85. The SMILES string of the molecule is CC(C)C[C@@H](N)C(=O)N1CCC([C@@H](N)c2cc(Cl)c(Cl)cc2O)CC1. The third-order valence-corrected chi connectivity index (χ3v) is 5.55. The Bertz CT molecular complexity index is 617. The average Bonchev–Trinajstić information content (AvgIpc) is 2.56. The average molecular weight is 388 g/mol. The van der Waals surface area contributed by atoms with E-state index in [-0.39, 0.29) is 23.6 Å². The molecular weight excluding hydrogens is 361 g/mol. The molecule has 2 rings (SSSR count). The number of hydrogen-bond acceptors (Lipinski definition) is 4. The van der Waals surface area contributed by atoms with Crippen molar-refractivity contribution >= 4 is 29.1 Å². The van der Waals surface area contributed by atoms with Crippen LogP contribution in [0.1, 0.15) is 44.7 Å². The first-order chi connectivity index (χ1) is 11.7. The number of rotatable bonds is 5. The smallest absolute Gasteiger partial charge is 0.239 e. The monoisotopic (exact) mass is 387 g/mol. The Morgan fingerprint density at radius 1 is 1.24 bits per heavy atom. The number of piperidine rings is 1. The van der Waals surface area contributed by atoms with Gasteiger partial charge in [-0.25, -0.2) is 0 Å². The van der Waals surface area contributed by atoms with E-state index in [0.29, 0.717) is 41.0 Å². The third kappa shape index (κ3) is 5.00. The van der Waals surface area contributed by atoms with Gasteiger partial charge >= 0.3 is 0 Å². The topological polar surface area (TPSA) is 92.6 Å². The van der Waals surface area contributed by atoms with Crippen molar-refractivity contribution < 1.29 is 9.90 Å². The van der Waals surface area contributed by atoms with Gasteiger partial charge in [-0.3, -0.25) is 4.79 Å². The number of benzene rings is 1. The molecule has 2 atom stereocenters. The number of nitrogens with two attached hydrogens (primary N) is 2. The molecule has 1 heterocycles. The fourth-order valence-electron chi connectivity index (χ4n) is 3.39. The predicted molar refractivity (Wildman–Crippen MR) is 102 cm³/mol. The molecule has 7 heteroatoms. The molecule has 1 saturated heterocycles. The van der Waals surface area contributed by atoms with E-state index in [2.05, 4.69) is 13.8 Å². The van der Waals surface area contributed by atoms with Crippen molar-refractivity contribution in [2.45, 2.75) is 45.2 Å². The fourth-order valence-corrected chi connectivity index (χ4v) is 3.72. The van der Waals surface area contributed by atoms with E-state index in [4.69, 9.17) is 34.7 Å². The van der Waals surface area contributed by atoms with Crippen molar-refractivity contribution in [3.8, 4) is 5.75 Å². The van der Waals surface area contributed by atoms with Gasteiger partial charge in [-0.15, -0.1) is 0 Å². The first-order valence-electron chi connectivity index (χ1n) is 8.68. The van der Waals surface area contributed by atoms with Crippen LogP contribution in [0.5, 0.6) is 5.75 Å². The van der Waals surface area contributed by atoms with Crippen LogP contribution in [0.2, 0.25) is 10.0 Å². The number of aromatic hydroxyl groups is 1. The summed E-state index contributed by atoms with van der Waals surface area (Å²) in [5, 5.41) is 10.8. The second-order valence-electron chi connectivity index (χ2n) is 7.25. The van der Waals surface area contributed by atoms with Crippen molar-refractivity contribution in [1.29, 1.82) is 0 Å². The molecule has 0 spiro atoms. The summed E-state index contributed by atoms with van der Waals surface area (Å²) in [6.07, 6.45) is 2.22. The number of phenols is 1. The highest BCUT2D eigenvalue weighted by Gasteiger charge is 2.30. The van der Waals surface area contributed by atoms with Crippen LogP contribution in [-0.2, 0) is 4.79 Å². The van der Waals surface area contributed by atoms with Gasteiger partial charge in [0, 0.05) is 30.8 Å². The maximum absolute atomic E-state index is 12.4. The van der Waals surface area contributed by atoms with Crippen LogP contribution in [0, 0.1) is 11.8 Å². The third-order valence-electron chi connectivity index (χ3n) is 4.83. The second kappa shape index (κ2) is 8.58. The molecule has 140 valence electrons. The quantitative estimate of drug-likeness (QED) is 0.722. The summed E-state index contributed by atoms with van der Waals surface area (Å²) in [7, 11) is 0. The molecule has 1 aliphatic rings. The molecule has 0 aliphatic carbocycles. The maximum Gasteiger partial charge on any atom is 0.239 e. The zero-order valence-corrected chi connectivity index (χ0v) is 16.2. The highest BCUT2D eigenvalue weighted by molar-refractivity contribution is 6.42. The van der Waals surface area contributed by atoms with E-state index in [9.17, 15) is 9.90 Å². The Morgan fingerprint density at radius 3 is 2.36 bits per heavy atom. The van der Waals surface area contributed by atoms with E-state index in [0.717, 1.165) is 12.8 Å². The van der Waals surface area contributed by atoms with Gasteiger partial charge in [0.1, 0.15) is 5.75 Å². The molecule has 1 aromatic carbocycles. The maximum atomic E-state index is 12.4. The molecule has 1 amide bonds. The van der Waals surface area contributed by atoms with Gasteiger partial charge in [0.15, 0.2) is 0 Å². The number of likely N-dealkylation sites (tertiary alicyclic amines) is 1. The van der Waals surface area contributed by atoms with Gasteiger partial charge in [-0.05, 0) is 37.2 Å². The van der Waals surface area contributed by atoms with Gasteiger partial charge in [0.05, 0.1) is 16.1 Å². The van der Waals surface area contributed by atoms with Crippen molar-refractivity contribution in [2.75, 3.05) is 13.1 Å². The summed E-state index contributed by atoms with van der Waals surface area (Å²) >= 11 is 12.0. The molecular formula is C18H27Cl2N3O2. The number of nitrogens with zero attached hydrogens (tertiary/aromatic N) is 1. The summed E-state index contributed by atoms with van der Waals surface area (Å²) < 4.78 is 0. The Hall–Kier alpha value is -1.01.